The Morgan fingerprint density at radius 1 is 1.07 bits per heavy atom. The molecule has 0 saturated carbocycles. The summed E-state index contributed by atoms with van der Waals surface area (Å²) < 4.78 is 41.8. The molecule has 1 heterocycles. The first-order valence-corrected chi connectivity index (χ1v) is 9.22. The maximum Gasteiger partial charge on any atom is 0.425 e. The van der Waals surface area contributed by atoms with Crippen molar-refractivity contribution < 1.29 is 27.6 Å². The minimum atomic E-state index is -5.10. The molecule has 6 nitrogen and oxygen atoms in total. The fraction of sp³-hybridized carbons (Fsp3) is 0.286. The summed E-state index contributed by atoms with van der Waals surface area (Å²) in [6.45, 7) is 3.16. The quantitative estimate of drug-likeness (QED) is 0.725. The Labute approximate surface area is 171 Å². The van der Waals surface area contributed by atoms with Gasteiger partial charge in [0.25, 0.3) is 5.91 Å². The number of nitrogens with zero attached hydrogens (tertiary/aromatic N) is 1. The van der Waals surface area contributed by atoms with E-state index < -0.39 is 41.7 Å². The summed E-state index contributed by atoms with van der Waals surface area (Å²) in [7, 11) is 0. The average Bonchev–Trinajstić information content (AvgIpc) is 2.94. The van der Waals surface area contributed by atoms with Crippen LogP contribution in [-0.4, -0.2) is 35.5 Å². The third kappa shape index (κ3) is 3.74. The standard InChI is InChI=1S/C21H20F3N3O3/c1-13(2)14-8-10-16(11-9-14)25-17(28)12-27-18(29)20(21(22,23)24,26-19(27)30)15-6-4-3-5-7-15/h3-11,13H,12H2,1-2H3,(H,25,28)(H,26,30). The maximum absolute atomic E-state index is 13.9. The number of nitrogens with one attached hydrogen (secondary N) is 2. The molecule has 4 amide bonds. The molecule has 0 aromatic heterocycles. The van der Waals surface area contributed by atoms with Crippen molar-refractivity contribution in [3.8, 4) is 0 Å². The van der Waals surface area contributed by atoms with Crippen LogP contribution in [0.1, 0.15) is 30.9 Å². The number of hydrogen-bond acceptors (Lipinski definition) is 3. The molecular formula is C21H20F3N3O3. The van der Waals surface area contributed by atoms with Crippen molar-refractivity contribution in [1.29, 1.82) is 0 Å². The largest absolute Gasteiger partial charge is 0.425 e. The zero-order valence-electron chi connectivity index (χ0n) is 16.3. The molecule has 0 radical (unpaired) electrons. The van der Waals surface area contributed by atoms with Crippen LogP contribution in [0, 0.1) is 0 Å². The van der Waals surface area contributed by atoms with Crippen molar-refractivity contribution in [2.45, 2.75) is 31.5 Å². The second-order valence-electron chi connectivity index (χ2n) is 7.26. The Morgan fingerprint density at radius 3 is 2.20 bits per heavy atom. The Hall–Kier alpha value is -3.36. The zero-order valence-corrected chi connectivity index (χ0v) is 16.3. The molecule has 0 aliphatic carbocycles. The summed E-state index contributed by atoms with van der Waals surface area (Å²) in [5.41, 5.74) is -2.21. The van der Waals surface area contributed by atoms with Crippen molar-refractivity contribution in [3.63, 3.8) is 0 Å². The first-order chi connectivity index (χ1) is 14.1. The Bertz CT molecular complexity index is 959. The lowest BCUT2D eigenvalue weighted by Gasteiger charge is -2.29. The summed E-state index contributed by atoms with van der Waals surface area (Å²) in [6, 6.07) is 12.0. The van der Waals surface area contributed by atoms with E-state index >= 15 is 0 Å². The van der Waals surface area contributed by atoms with Crippen molar-refractivity contribution >= 4 is 23.5 Å². The van der Waals surface area contributed by atoms with Gasteiger partial charge in [-0.3, -0.25) is 14.5 Å². The number of halogens is 3. The van der Waals surface area contributed by atoms with Gasteiger partial charge in [0.2, 0.25) is 11.4 Å². The zero-order chi connectivity index (χ0) is 22.1. The monoisotopic (exact) mass is 419 g/mol. The van der Waals surface area contributed by atoms with Gasteiger partial charge in [0.1, 0.15) is 6.54 Å². The van der Waals surface area contributed by atoms with Crippen molar-refractivity contribution in [2.24, 2.45) is 0 Å². The molecule has 30 heavy (non-hydrogen) atoms. The highest BCUT2D eigenvalue weighted by molar-refractivity contribution is 6.11. The summed E-state index contributed by atoms with van der Waals surface area (Å²) >= 11 is 0. The molecule has 0 bridgehead atoms. The molecule has 0 spiro atoms. The van der Waals surface area contributed by atoms with Gasteiger partial charge in [0, 0.05) is 5.69 Å². The number of benzene rings is 2. The predicted octanol–water partition coefficient (Wildman–Crippen LogP) is 3.76. The number of urea groups is 1. The molecule has 3 rings (SSSR count). The highest BCUT2D eigenvalue weighted by atomic mass is 19.4. The molecule has 2 aromatic rings. The van der Waals surface area contributed by atoms with Crippen LogP contribution >= 0.6 is 0 Å². The highest BCUT2D eigenvalue weighted by Gasteiger charge is 2.68. The summed E-state index contributed by atoms with van der Waals surface area (Å²) in [5, 5.41) is 4.23. The third-order valence-corrected chi connectivity index (χ3v) is 4.90. The Morgan fingerprint density at radius 2 is 1.67 bits per heavy atom. The molecule has 1 aliphatic heterocycles. The van der Waals surface area contributed by atoms with E-state index in [1.165, 1.54) is 18.2 Å². The lowest BCUT2D eigenvalue weighted by Crippen LogP contribution is -2.55. The molecule has 9 heteroatoms. The molecule has 1 aliphatic rings. The SMILES string of the molecule is CC(C)c1ccc(NC(=O)CN2C(=O)NC(c3ccccc3)(C(F)(F)F)C2=O)cc1. The molecular weight excluding hydrogens is 399 g/mol. The Kier molecular flexibility index (Phi) is 5.56. The van der Waals surface area contributed by atoms with Gasteiger partial charge in [-0.15, -0.1) is 0 Å². The normalized spacial score (nSPS) is 19.2. The predicted molar refractivity (Wildman–Crippen MR) is 104 cm³/mol. The number of anilines is 1. The van der Waals surface area contributed by atoms with Crippen molar-refractivity contribution in [3.05, 3.63) is 65.7 Å². The van der Waals surface area contributed by atoms with Crippen molar-refractivity contribution in [1.82, 2.24) is 10.2 Å². The number of rotatable bonds is 5. The van der Waals surface area contributed by atoms with Gasteiger partial charge in [-0.05, 0) is 29.2 Å². The first kappa shape index (κ1) is 21.4. The van der Waals surface area contributed by atoms with Gasteiger partial charge < -0.3 is 10.6 Å². The second-order valence-corrected chi connectivity index (χ2v) is 7.26. The van der Waals surface area contributed by atoms with E-state index in [2.05, 4.69) is 5.32 Å². The van der Waals surface area contributed by atoms with Crippen LogP contribution in [0.25, 0.3) is 0 Å². The molecule has 1 saturated heterocycles. The van der Waals surface area contributed by atoms with Crippen LogP contribution in [-0.2, 0) is 15.1 Å². The van der Waals surface area contributed by atoms with Crippen LogP contribution < -0.4 is 10.6 Å². The van der Waals surface area contributed by atoms with E-state index in [1.54, 1.807) is 29.6 Å². The number of amides is 4. The van der Waals surface area contributed by atoms with Gasteiger partial charge in [-0.25, -0.2) is 4.79 Å². The lowest BCUT2D eigenvalue weighted by molar-refractivity contribution is -0.198. The van der Waals surface area contributed by atoms with Crippen LogP contribution in [0.4, 0.5) is 23.7 Å². The summed E-state index contributed by atoms with van der Waals surface area (Å²) in [4.78, 5) is 37.6. The van der Waals surface area contributed by atoms with Gasteiger partial charge in [0.05, 0.1) is 0 Å². The molecule has 2 N–H and O–H groups in total. The minimum absolute atomic E-state index is 0.276. The van der Waals surface area contributed by atoms with Crippen LogP contribution in [0.15, 0.2) is 54.6 Å². The van der Waals surface area contributed by atoms with Crippen LogP contribution in [0.5, 0.6) is 0 Å². The van der Waals surface area contributed by atoms with E-state index in [9.17, 15) is 27.6 Å². The van der Waals surface area contributed by atoms with E-state index in [1.807, 2.05) is 13.8 Å². The molecule has 1 atom stereocenters. The molecule has 158 valence electrons. The average molecular weight is 419 g/mol. The first-order valence-electron chi connectivity index (χ1n) is 9.22. The fourth-order valence-corrected chi connectivity index (χ4v) is 3.25. The fourth-order valence-electron chi connectivity index (χ4n) is 3.25. The van der Waals surface area contributed by atoms with Gasteiger partial charge >= 0.3 is 12.2 Å². The van der Waals surface area contributed by atoms with E-state index in [4.69, 9.17) is 0 Å². The van der Waals surface area contributed by atoms with E-state index in [0.29, 0.717) is 5.69 Å². The number of carbonyl (C=O) groups is 3. The maximum atomic E-state index is 13.9. The van der Waals surface area contributed by atoms with E-state index in [0.717, 1.165) is 17.7 Å². The molecule has 1 fully saturated rings. The van der Waals surface area contributed by atoms with Gasteiger partial charge in [-0.2, -0.15) is 13.2 Å². The van der Waals surface area contributed by atoms with Gasteiger partial charge in [0.15, 0.2) is 0 Å². The molecule has 2 aromatic carbocycles. The smallest absolute Gasteiger partial charge is 0.325 e. The highest BCUT2D eigenvalue weighted by Crippen LogP contribution is 2.43. The lowest BCUT2D eigenvalue weighted by atomic mass is 9.89. The number of carbonyl (C=O) groups excluding carboxylic acids is 3. The minimum Gasteiger partial charge on any atom is -0.325 e. The van der Waals surface area contributed by atoms with E-state index in [-0.39, 0.29) is 10.8 Å². The number of imide groups is 1. The van der Waals surface area contributed by atoms with Crippen molar-refractivity contribution in [2.75, 3.05) is 11.9 Å². The number of hydrogen-bond donors (Lipinski definition) is 2. The summed E-state index contributed by atoms with van der Waals surface area (Å²) in [6.07, 6.45) is -5.10. The Balaban J connectivity index is 1.81. The van der Waals surface area contributed by atoms with Crippen LogP contribution in [0.2, 0.25) is 0 Å². The van der Waals surface area contributed by atoms with Gasteiger partial charge in [-0.1, -0.05) is 56.3 Å². The second kappa shape index (κ2) is 7.81. The summed E-state index contributed by atoms with van der Waals surface area (Å²) in [5.74, 6) is -2.05. The topological polar surface area (TPSA) is 78.5 Å². The third-order valence-electron chi connectivity index (χ3n) is 4.90. The van der Waals surface area contributed by atoms with Crippen LogP contribution in [0.3, 0.4) is 0 Å². The molecule has 1 unspecified atom stereocenters. The number of alkyl halides is 3.